The van der Waals surface area contributed by atoms with Gasteiger partial charge in [-0.25, -0.2) is 9.97 Å². The van der Waals surface area contributed by atoms with Gasteiger partial charge in [0, 0.05) is 43.2 Å². The van der Waals surface area contributed by atoms with Crippen LogP contribution in [0.3, 0.4) is 0 Å². The molecule has 0 spiro atoms. The van der Waals surface area contributed by atoms with Gasteiger partial charge >= 0.3 is 0 Å². The second-order valence-corrected chi connectivity index (χ2v) is 7.35. The molecule has 8 nitrogen and oxygen atoms in total. The van der Waals surface area contributed by atoms with Crippen molar-refractivity contribution in [3.63, 3.8) is 0 Å². The SMILES string of the molecule is Cc1ccn(CCC(=O)NC2CCC(n3cc(-c4ccncn4)cn3)CC2)n1. The van der Waals surface area contributed by atoms with Crippen LogP contribution in [-0.2, 0) is 11.3 Å². The number of hydrogen-bond donors (Lipinski definition) is 1. The van der Waals surface area contributed by atoms with E-state index in [0.29, 0.717) is 19.0 Å². The first-order chi connectivity index (χ1) is 13.7. The Kier molecular flexibility index (Phi) is 5.45. The maximum Gasteiger partial charge on any atom is 0.222 e. The van der Waals surface area contributed by atoms with E-state index < -0.39 is 0 Å². The lowest BCUT2D eigenvalue weighted by atomic mass is 9.91. The van der Waals surface area contributed by atoms with Crippen LogP contribution in [0.15, 0.2) is 43.2 Å². The van der Waals surface area contributed by atoms with Crippen LogP contribution in [0.4, 0.5) is 0 Å². The van der Waals surface area contributed by atoms with Crippen LogP contribution < -0.4 is 5.32 Å². The summed E-state index contributed by atoms with van der Waals surface area (Å²) in [5, 5.41) is 12.0. The van der Waals surface area contributed by atoms with Crippen molar-refractivity contribution in [2.75, 3.05) is 0 Å². The zero-order chi connectivity index (χ0) is 19.3. The summed E-state index contributed by atoms with van der Waals surface area (Å²) in [7, 11) is 0. The zero-order valence-electron chi connectivity index (χ0n) is 16.0. The topological polar surface area (TPSA) is 90.5 Å². The molecule has 3 heterocycles. The monoisotopic (exact) mass is 379 g/mol. The number of carbonyl (C=O) groups excluding carboxylic acids is 1. The van der Waals surface area contributed by atoms with Crippen molar-refractivity contribution in [3.8, 4) is 11.3 Å². The van der Waals surface area contributed by atoms with Crippen molar-refractivity contribution in [2.24, 2.45) is 0 Å². The van der Waals surface area contributed by atoms with Crippen LogP contribution in [0.5, 0.6) is 0 Å². The molecule has 146 valence electrons. The van der Waals surface area contributed by atoms with E-state index >= 15 is 0 Å². The number of nitrogens with zero attached hydrogens (tertiary/aromatic N) is 6. The highest BCUT2D eigenvalue weighted by atomic mass is 16.1. The summed E-state index contributed by atoms with van der Waals surface area (Å²) in [5.41, 5.74) is 2.86. The minimum Gasteiger partial charge on any atom is -0.353 e. The van der Waals surface area contributed by atoms with Gasteiger partial charge in [0.1, 0.15) is 6.33 Å². The fourth-order valence-corrected chi connectivity index (χ4v) is 3.72. The highest BCUT2D eigenvalue weighted by molar-refractivity contribution is 5.76. The highest BCUT2D eigenvalue weighted by Crippen LogP contribution is 2.29. The molecular weight excluding hydrogens is 354 g/mol. The normalized spacial score (nSPS) is 19.5. The molecule has 3 aromatic heterocycles. The molecule has 0 aliphatic heterocycles. The van der Waals surface area contributed by atoms with Crippen molar-refractivity contribution in [1.29, 1.82) is 0 Å². The van der Waals surface area contributed by atoms with E-state index in [4.69, 9.17) is 0 Å². The number of aromatic nitrogens is 6. The molecule has 3 aromatic rings. The van der Waals surface area contributed by atoms with Gasteiger partial charge in [-0.3, -0.25) is 14.2 Å². The Labute approximate surface area is 164 Å². The van der Waals surface area contributed by atoms with E-state index in [9.17, 15) is 4.79 Å². The number of amides is 1. The number of rotatable bonds is 6. The standard InChI is InChI=1S/C20H25N7O/c1-15-7-10-26(25-15)11-8-20(28)24-17-2-4-18(5-3-17)27-13-16(12-23-27)19-6-9-21-14-22-19/h6-7,9-10,12-14,17-18H,2-5,8,11H2,1H3,(H,24,28). The largest absolute Gasteiger partial charge is 0.353 e. The molecule has 0 atom stereocenters. The van der Waals surface area contributed by atoms with E-state index in [1.54, 1.807) is 12.5 Å². The molecule has 0 saturated heterocycles. The van der Waals surface area contributed by atoms with Gasteiger partial charge in [0.15, 0.2) is 0 Å². The molecular formula is C20H25N7O. The lowest BCUT2D eigenvalue weighted by molar-refractivity contribution is -0.122. The van der Waals surface area contributed by atoms with Crippen LogP contribution in [0, 0.1) is 6.92 Å². The van der Waals surface area contributed by atoms with E-state index in [2.05, 4.69) is 31.7 Å². The molecule has 28 heavy (non-hydrogen) atoms. The molecule has 1 N–H and O–H groups in total. The molecule has 1 saturated carbocycles. The predicted molar refractivity (Wildman–Crippen MR) is 104 cm³/mol. The lowest BCUT2D eigenvalue weighted by Crippen LogP contribution is -2.38. The summed E-state index contributed by atoms with van der Waals surface area (Å²) < 4.78 is 3.86. The van der Waals surface area contributed by atoms with Gasteiger partial charge in [0.05, 0.1) is 23.6 Å². The molecule has 0 aromatic carbocycles. The van der Waals surface area contributed by atoms with Crippen molar-refractivity contribution >= 4 is 5.91 Å². The second-order valence-electron chi connectivity index (χ2n) is 7.35. The van der Waals surface area contributed by atoms with Crippen LogP contribution in [0.2, 0.25) is 0 Å². The van der Waals surface area contributed by atoms with E-state index in [1.165, 1.54) is 0 Å². The first-order valence-electron chi connectivity index (χ1n) is 9.77. The molecule has 0 radical (unpaired) electrons. The molecule has 8 heteroatoms. The highest BCUT2D eigenvalue weighted by Gasteiger charge is 2.24. The third-order valence-electron chi connectivity index (χ3n) is 5.26. The van der Waals surface area contributed by atoms with Crippen molar-refractivity contribution in [3.05, 3.63) is 48.9 Å². The number of nitrogens with one attached hydrogen (secondary N) is 1. The average Bonchev–Trinajstić information content (AvgIpc) is 3.37. The summed E-state index contributed by atoms with van der Waals surface area (Å²) >= 11 is 0. The Morgan fingerprint density at radius 1 is 1.25 bits per heavy atom. The van der Waals surface area contributed by atoms with Crippen LogP contribution in [-0.4, -0.2) is 41.5 Å². The zero-order valence-corrected chi connectivity index (χ0v) is 16.0. The predicted octanol–water partition coefficient (Wildman–Crippen LogP) is 2.54. The smallest absolute Gasteiger partial charge is 0.222 e. The Morgan fingerprint density at radius 3 is 2.82 bits per heavy atom. The van der Waals surface area contributed by atoms with Crippen molar-refractivity contribution < 1.29 is 4.79 Å². The van der Waals surface area contributed by atoms with E-state index in [-0.39, 0.29) is 11.9 Å². The summed E-state index contributed by atoms with van der Waals surface area (Å²) in [4.78, 5) is 20.4. The fourth-order valence-electron chi connectivity index (χ4n) is 3.72. The van der Waals surface area contributed by atoms with Crippen molar-refractivity contribution in [1.82, 2.24) is 34.8 Å². The molecule has 1 fully saturated rings. The quantitative estimate of drug-likeness (QED) is 0.711. The first-order valence-corrected chi connectivity index (χ1v) is 9.77. The fraction of sp³-hybridized carbons (Fsp3) is 0.450. The van der Waals surface area contributed by atoms with Crippen LogP contribution >= 0.6 is 0 Å². The summed E-state index contributed by atoms with van der Waals surface area (Å²) in [5.74, 6) is 0.0988. The number of carbonyl (C=O) groups is 1. The molecule has 0 bridgehead atoms. The van der Waals surface area contributed by atoms with Gasteiger partial charge in [0.2, 0.25) is 5.91 Å². The minimum atomic E-state index is 0.0988. The third kappa shape index (κ3) is 4.44. The van der Waals surface area contributed by atoms with Crippen molar-refractivity contribution in [2.45, 2.75) is 57.7 Å². The lowest BCUT2D eigenvalue weighted by Gasteiger charge is -2.29. The molecule has 1 amide bonds. The number of hydrogen-bond acceptors (Lipinski definition) is 5. The van der Waals surface area contributed by atoms with Gasteiger partial charge < -0.3 is 5.32 Å². The van der Waals surface area contributed by atoms with Crippen LogP contribution in [0.25, 0.3) is 11.3 Å². The number of aryl methyl sites for hydroxylation is 2. The molecule has 1 aliphatic carbocycles. The van der Waals surface area contributed by atoms with Gasteiger partial charge in [-0.05, 0) is 44.7 Å². The maximum atomic E-state index is 12.2. The molecule has 4 rings (SSSR count). The van der Waals surface area contributed by atoms with Gasteiger partial charge in [-0.1, -0.05) is 0 Å². The Balaban J connectivity index is 1.24. The molecule has 0 unspecified atom stereocenters. The van der Waals surface area contributed by atoms with E-state index in [0.717, 1.165) is 42.6 Å². The minimum absolute atomic E-state index is 0.0988. The Bertz CT molecular complexity index is 910. The van der Waals surface area contributed by atoms with Crippen LogP contribution in [0.1, 0.15) is 43.8 Å². The van der Waals surface area contributed by atoms with Gasteiger partial charge in [-0.15, -0.1) is 0 Å². The second kappa shape index (κ2) is 8.33. The summed E-state index contributed by atoms with van der Waals surface area (Å²) in [6.07, 6.45) is 13.5. The summed E-state index contributed by atoms with van der Waals surface area (Å²) in [6.45, 7) is 2.57. The van der Waals surface area contributed by atoms with E-state index in [1.807, 2.05) is 40.8 Å². The summed E-state index contributed by atoms with van der Waals surface area (Å²) in [6, 6.07) is 4.46. The Hall–Kier alpha value is -3.03. The average molecular weight is 379 g/mol. The third-order valence-corrected chi connectivity index (χ3v) is 5.26. The van der Waals surface area contributed by atoms with Gasteiger partial charge in [-0.2, -0.15) is 10.2 Å². The Morgan fingerprint density at radius 2 is 2.11 bits per heavy atom. The van der Waals surface area contributed by atoms with Gasteiger partial charge in [0.25, 0.3) is 0 Å². The first kappa shape index (κ1) is 18.3. The molecule has 1 aliphatic rings. The maximum absolute atomic E-state index is 12.2.